The molecule has 0 unspecified atom stereocenters. The second-order valence-electron chi connectivity index (χ2n) is 4.77. The monoisotopic (exact) mass is 270 g/mol. The van der Waals surface area contributed by atoms with E-state index < -0.39 is 0 Å². The highest BCUT2D eigenvalue weighted by molar-refractivity contribution is 6.06. The Hall–Kier alpha value is -2.36. The number of hydrogen-bond acceptors (Lipinski definition) is 3. The van der Waals surface area contributed by atoms with Crippen molar-refractivity contribution in [1.82, 2.24) is 9.78 Å². The summed E-state index contributed by atoms with van der Waals surface area (Å²) in [4.78, 5) is 12.0. The summed E-state index contributed by atoms with van der Waals surface area (Å²) in [6, 6.07) is 7.78. The number of allylic oxidation sites excluding steroid dienone is 1. The van der Waals surface area contributed by atoms with Gasteiger partial charge in [0.1, 0.15) is 5.75 Å². The molecule has 0 bridgehead atoms. The summed E-state index contributed by atoms with van der Waals surface area (Å²) in [7, 11) is 1.63. The van der Waals surface area contributed by atoms with E-state index in [4.69, 9.17) is 4.74 Å². The highest BCUT2D eigenvalue weighted by atomic mass is 16.5. The fraction of sp³-hybridized carbons (Fsp3) is 0.250. The molecule has 0 saturated heterocycles. The van der Waals surface area contributed by atoms with E-state index in [0.29, 0.717) is 5.56 Å². The first-order chi connectivity index (χ1) is 9.60. The number of ketones is 1. The van der Waals surface area contributed by atoms with Crippen LogP contribution in [0.4, 0.5) is 0 Å². The molecule has 0 aliphatic heterocycles. The topological polar surface area (TPSA) is 44.1 Å². The first-order valence-electron chi connectivity index (χ1n) is 6.51. The molecule has 104 valence electrons. The summed E-state index contributed by atoms with van der Waals surface area (Å²) in [6.45, 7) is 4.04. The number of ether oxygens (including phenoxy) is 1. The molecule has 0 fully saturated rings. The van der Waals surface area contributed by atoms with Crippen molar-refractivity contribution in [3.63, 3.8) is 0 Å². The van der Waals surface area contributed by atoms with Crippen molar-refractivity contribution in [2.24, 2.45) is 0 Å². The first-order valence-corrected chi connectivity index (χ1v) is 6.51. The number of carbonyl (C=O) groups is 1. The molecular formula is C16H18N2O2. The SMILES string of the molecule is COc1ccc(/C=C/C(=O)c2cnn(C(C)C)c2)cc1. The van der Waals surface area contributed by atoms with Crippen LogP contribution < -0.4 is 4.74 Å². The molecule has 0 amide bonds. The summed E-state index contributed by atoms with van der Waals surface area (Å²) in [5.74, 6) is 0.749. The highest BCUT2D eigenvalue weighted by Gasteiger charge is 2.06. The number of hydrogen-bond donors (Lipinski definition) is 0. The van der Waals surface area contributed by atoms with Gasteiger partial charge in [-0.15, -0.1) is 0 Å². The van der Waals surface area contributed by atoms with Crippen LogP contribution in [-0.4, -0.2) is 22.7 Å². The van der Waals surface area contributed by atoms with Gasteiger partial charge in [0.05, 0.1) is 18.9 Å². The lowest BCUT2D eigenvalue weighted by Crippen LogP contribution is -2.00. The Morgan fingerprint density at radius 1 is 1.30 bits per heavy atom. The Balaban J connectivity index is 2.07. The molecule has 2 aromatic rings. The van der Waals surface area contributed by atoms with E-state index in [-0.39, 0.29) is 11.8 Å². The minimum absolute atomic E-state index is 0.0484. The Kier molecular flexibility index (Phi) is 4.35. The second kappa shape index (κ2) is 6.19. The number of benzene rings is 1. The molecule has 20 heavy (non-hydrogen) atoms. The standard InChI is InChI=1S/C16H18N2O2/c1-12(2)18-11-14(10-17-18)16(19)9-6-13-4-7-15(20-3)8-5-13/h4-12H,1-3H3/b9-6+. The minimum Gasteiger partial charge on any atom is -0.497 e. The van der Waals surface area contributed by atoms with Gasteiger partial charge in [-0.1, -0.05) is 18.2 Å². The lowest BCUT2D eigenvalue weighted by atomic mass is 10.1. The third-order valence-corrected chi connectivity index (χ3v) is 2.96. The van der Waals surface area contributed by atoms with Gasteiger partial charge in [0.25, 0.3) is 0 Å². The van der Waals surface area contributed by atoms with Crippen LogP contribution in [0.25, 0.3) is 6.08 Å². The maximum Gasteiger partial charge on any atom is 0.189 e. The van der Waals surface area contributed by atoms with Crippen molar-refractivity contribution in [2.45, 2.75) is 19.9 Å². The fourth-order valence-corrected chi connectivity index (χ4v) is 1.73. The van der Waals surface area contributed by atoms with Crippen molar-refractivity contribution < 1.29 is 9.53 Å². The van der Waals surface area contributed by atoms with Gasteiger partial charge in [-0.3, -0.25) is 9.48 Å². The number of nitrogens with zero attached hydrogens (tertiary/aromatic N) is 2. The number of aromatic nitrogens is 2. The van der Waals surface area contributed by atoms with Crippen LogP contribution in [-0.2, 0) is 0 Å². The number of rotatable bonds is 5. The molecule has 0 radical (unpaired) electrons. The van der Waals surface area contributed by atoms with E-state index in [0.717, 1.165) is 11.3 Å². The van der Waals surface area contributed by atoms with Crippen LogP contribution in [0.5, 0.6) is 5.75 Å². The van der Waals surface area contributed by atoms with Crippen molar-refractivity contribution >= 4 is 11.9 Å². The van der Waals surface area contributed by atoms with Crippen LogP contribution in [0, 0.1) is 0 Å². The normalized spacial score (nSPS) is 11.2. The molecular weight excluding hydrogens is 252 g/mol. The van der Waals surface area contributed by atoms with E-state index in [9.17, 15) is 4.79 Å². The van der Waals surface area contributed by atoms with Gasteiger partial charge in [0.15, 0.2) is 5.78 Å². The van der Waals surface area contributed by atoms with Gasteiger partial charge in [0.2, 0.25) is 0 Å². The van der Waals surface area contributed by atoms with Crippen molar-refractivity contribution in [3.05, 3.63) is 53.9 Å². The quantitative estimate of drug-likeness (QED) is 0.618. The van der Waals surface area contributed by atoms with Gasteiger partial charge >= 0.3 is 0 Å². The number of methoxy groups -OCH3 is 1. The molecule has 0 spiro atoms. The molecule has 2 rings (SSSR count). The van der Waals surface area contributed by atoms with Gasteiger partial charge in [-0.05, 0) is 37.6 Å². The lowest BCUT2D eigenvalue weighted by molar-refractivity contribution is 0.104. The Bertz CT molecular complexity index is 610. The first kappa shape index (κ1) is 14.1. The van der Waals surface area contributed by atoms with Crippen molar-refractivity contribution in [3.8, 4) is 5.75 Å². The van der Waals surface area contributed by atoms with Crippen LogP contribution in [0.2, 0.25) is 0 Å². The van der Waals surface area contributed by atoms with Crippen LogP contribution in [0.3, 0.4) is 0 Å². The number of carbonyl (C=O) groups excluding carboxylic acids is 1. The lowest BCUT2D eigenvalue weighted by Gasteiger charge is -2.02. The Labute approximate surface area is 118 Å². The summed E-state index contributed by atoms with van der Waals surface area (Å²) >= 11 is 0. The van der Waals surface area contributed by atoms with E-state index in [1.54, 1.807) is 36.3 Å². The van der Waals surface area contributed by atoms with E-state index in [2.05, 4.69) is 5.10 Å². The molecule has 0 saturated carbocycles. The van der Waals surface area contributed by atoms with Crippen molar-refractivity contribution in [1.29, 1.82) is 0 Å². The smallest absolute Gasteiger partial charge is 0.189 e. The van der Waals surface area contributed by atoms with E-state index in [1.165, 1.54) is 0 Å². The Morgan fingerprint density at radius 2 is 2.00 bits per heavy atom. The van der Waals surface area contributed by atoms with Gasteiger partial charge in [-0.25, -0.2) is 0 Å². The second-order valence-corrected chi connectivity index (χ2v) is 4.77. The summed E-state index contributed by atoms with van der Waals surface area (Å²) in [6.07, 6.45) is 6.71. The molecule has 1 aromatic heterocycles. The fourth-order valence-electron chi connectivity index (χ4n) is 1.73. The molecule has 4 heteroatoms. The average Bonchev–Trinajstić information content (AvgIpc) is 2.95. The van der Waals surface area contributed by atoms with Gasteiger partial charge in [0, 0.05) is 12.2 Å². The maximum atomic E-state index is 12.0. The molecule has 0 N–H and O–H groups in total. The summed E-state index contributed by atoms with van der Waals surface area (Å²) in [5.41, 5.74) is 1.55. The summed E-state index contributed by atoms with van der Waals surface area (Å²) in [5, 5.41) is 4.16. The highest BCUT2D eigenvalue weighted by Crippen LogP contribution is 2.13. The van der Waals surface area contributed by atoms with Crippen LogP contribution >= 0.6 is 0 Å². The molecule has 1 heterocycles. The average molecular weight is 270 g/mol. The van der Waals surface area contributed by atoms with Gasteiger partial charge in [-0.2, -0.15) is 5.10 Å². The zero-order valence-electron chi connectivity index (χ0n) is 11.9. The van der Waals surface area contributed by atoms with Crippen LogP contribution in [0.15, 0.2) is 42.7 Å². The van der Waals surface area contributed by atoms with Crippen molar-refractivity contribution in [2.75, 3.05) is 7.11 Å². The minimum atomic E-state index is -0.0484. The maximum absolute atomic E-state index is 12.0. The predicted octanol–water partition coefficient (Wildman–Crippen LogP) is 3.37. The molecule has 0 atom stereocenters. The largest absolute Gasteiger partial charge is 0.497 e. The molecule has 1 aromatic carbocycles. The third-order valence-electron chi connectivity index (χ3n) is 2.96. The predicted molar refractivity (Wildman–Crippen MR) is 79.0 cm³/mol. The Morgan fingerprint density at radius 3 is 2.55 bits per heavy atom. The van der Waals surface area contributed by atoms with E-state index >= 15 is 0 Å². The molecule has 4 nitrogen and oxygen atoms in total. The van der Waals surface area contributed by atoms with E-state index in [1.807, 2.05) is 38.1 Å². The molecule has 0 aliphatic rings. The summed E-state index contributed by atoms with van der Waals surface area (Å²) < 4.78 is 6.86. The third kappa shape index (κ3) is 3.35. The zero-order chi connectivity index (χ0) is 14.5. The van der Waals surface area contributed by atoms with Crippen LogP contribution in [0.1, 0.15) is 35.8 Å². The zero-order valence-corrected chi connectivity index (χ0v) is 11.9. The van der Waals surface area contributed by atoms with Gasteiger partial charge < -0.3 is 4.74 Å². The molecule has 0 aliphatic carbocycles.